The molecule has 1 aromatic heterocycles. The number of nitrogens with one attached hydrogen (secondary N) is 1. The second kappa shape index (κ2) is 4.15. The first kappa shape index (κ1) is 11.3. The van der Waals surface area contributed by atoms with Crippen LogP contribution in [0.5, 0.6) is 0 Å². The minimum Gasteiger partial charge on any atom is -0.367 e. The fraction of sp³-hybridized carbons (Fsp3) is 0.636. The highest BCUT2D eigenvalue weighted by molar-refractivity contribution is 5.17. The number of aromatic amines is 1. The van der Waals surface area contributed by atoms with Crippen LogP contribution in [0.25, 0.3) is 0 Å². The Hall–Kier alpha value is -0.800. The molecule has 0 spiro atoms. The minimum absolute atomic E-state index is 0.0890. The molecule has 1 heterocycles. The van der Waals surface area contributed by atoms with Crippen molar-refractivity contribution in [1.82, 2.24) is 9.88 Å². The lowest BCUT2D eigenvalue weighted by Gasteiger charge is -2.37. The molecule has 0 radical (unpaired) electrons. The van der Waals surface area contributed by atoms with Crippen LogP contribution in [-0.4, -0.2) is 30.5 Å². The van der Waals surface area contributed by atoms with E-state index in [1.54, 1.807) is 0 Å². The number of nitrogens with two attached hydrogens (primary N) is 1. The van der Waals surface area contributed by atoms with Crippen molar-refractivity contribution in [2.24, 2.45) is 11.1 Å². The average molecular weight is 195 g/mol. The van der Waals surface area contributed by atoms with Crippen molar-refractivity contribution in [3.05, 3.63) is 24.0 Å². The predicted octanol–water partition coefficient (Wildman–Crippen LogP) is 1.60. The molecule has 1 aromatic rings. The Morgan fingerprint density at radius 1 is 1.50 bits per heavy atom. The van der Waals surface area contributed by atoms with Gasteiger partial charge in [0.15, 0.2) is 0 Å². The zero-order valence-corrected chi connectivity index (χ0v) is 9.54. The van der Waals surface area contributed by atoms with Crippen molar-refractivity contribution >= 4 is 0 Å². The van der Waals surface area contributed by atoms with Crippen molar-refractivity contribution < 1.29 is 0 Å². The molecule has 3 N–H and O–H groups in total. The third-order valence-electron chi connectivity index (χ3n) is 2.72. The van der Waals surface area contributed by atoms with Crippen molar-refractivity contribution in [3.63, 3.8) is 0 Å². The van der Waals surface area contributed by atoms with Crippen LogP contribution in [0.1, 0.15) is 25.5 Å². The molecule has 0 bridgehead atoms. The summed E-state index contributed by atoms with van der Waals surface area (Å²) in [4.78, 5) is 5.31. The molecular weight excluding hydrogens is 174 g/mol. The first-order valence-corrected chi connectivity index (χ1v) is 4.98. The number of nitrogens with zero attached hydrogens (tertiary/aromatic N) is 1. The van der Waals surface area contributed by atoms with Gasteiger partial charge in [0.25, 0.3) is 0 Å². The fourth-order valence-corrected chi connectivity index (χ4v) is 2.07. The van der Waals surface area contributed by atoms with Gasteiger partial charge in [-0.05, 0) is 37.7 Å². The summed E-state index contributed by atoms with van der Waals surface area (Å²) in [5.74, 6) is 0. The van der Waals surface area contributed by atoms with E-state index in [0.717, 1.165) is 0 Å². The molecule has 1 rings (SSSR count). The van der Waals surface area contributed by atoms with E-state index in [-0.39, 0.29) is 5.41 Å². The monoisotopic (exact) mass is 195 g/mol. The van der Waals surface area contributed by atoms with Crippen molar-refractivity contribution in [3.8, 4) is 0 Å². The Balaban J connectivity index is 2.97. The smallest absolute Gasteiger partial charge is 0.0419 e. The Morgan fingerprint density at radius 3 is 2.50 bits per heavy atom. The lowest BCUT2D eigenvalue weighted by atomic mass is 9.80. The first-order valence-electron chi connectivity index (χ1n) is 4.98. The third kappa shape index (κ3) is 2.16. The van der Waals surface area contributed by atoms with Crippen LogP contribution >= 0.6 is 0 Å². The predicted molar refractivity (Wildman–Crippen MR) is 60.1 cm³/mol. The lowest BCUT2D eigenvalue weighted by molar-refractivity contribution is 0.143. The van der Waals surface area contributed by atoms with Crippen LogP contribution in [-0.2, 0) is 0 Å². The molecular formula is C11H21N3. The Labute approximate surface area is 86.3 Å². The molecule has 0 saturated carbocycles. The molecule has 0 saturated heterocycles. The number of rotatable bonds is 4. The van der Waals surface area contributed by atoms with E-state index in [1.807, 2.05) is 12.4 Å². The van der Waals surface area contributed by atoms with E-state index in [1.165, 1.54) is 5.56 Å². The summed E-state index contributed by atoms with van der Waals surface area (Å²) in [5, 5.41) is 0. The normalized spacial score (nSPS) is 14.7. The van der Waals surface area contributed by atoms with Gasteiger partial charge in [-0.2, -0.15) is 0 Å². The standard InChI is InChI=1S/C11H21N3/c1-11(2,8-12)10(14(3)4)9-5-6-13-7-9/h5-7,10,13H,8,12H2,1-4H3. The summed E-state index contributed by atoms with van der Waals surface area (Å²) in [6, 6.07) is 2.47. The maximum Gasteiger partial charge on any atom is 0.0419 e. The Bertz CT molecular complexity index is 262. The minimum atomic E-state index is 0.0890. The average Bonchev–Trinajstić information content (AvgIpc) is 2.56. The van der Waals surface area contributed by atoms with E-state index in [4.69, 9.17) is 5.73 Å². The van der Waals surface area contributed by atoms with Gasteiger partial charge in [-0.25, -0.2) is 0 Å². The van der Waals surface area contributed by atoms with Gasteiger partial charge < -0.3 is 15.6 Å². The highest BCUT2D eigenvalue weighted by Crippen LogP contribution is 2.35. The molecule has 0 fully saturated rings. The van der Waals surface area contributed by atoms with Gasteiger partial charge in [-0.15, -0.1) is 0 Å². The number of hydrogen-bond donors (Lipinski definition) is 2. The summed E-state index contributed by atoms with van der Waals surface area (Å²) in [5.41, 5.74) is 7.20. The van der Waals surface area contributed by atoms with Crippen LogP contribution in [0.2, 0.25) is 0 Å². The van der Waals surface area contributed by atoms with Crippen molar-refractivity contribution in [2.75, 3.05) is 20.6 Å². The highest BCUT2D eigenvalue weighted by Gasteiger charge is 2.31. The quantitative estimate of drug-likeness (QED) is 0.766. The van der Waals surface area contributed by atoms with Gasteiger partial charge in [0, 0.05) is 18.4 Å². The second-order valence-electron chi connectivity index (χ2n) is 4.70. The number of H-pyrrole nitrogens is 1. The van der Waals surface area contributed by atoms with E-state index >= 15 is 0 Å². The first-order chi connectivity index (χ1) is 6.49. The molecule has 0 aliphatic heterocycles. The van der Waals surface area contributed by atoms with E-state index in [9.17, 15) is 0 Å². The molecule has 0 aliphatic rings. The van der Waals surface area contributed by atoms with Gasteiger partial charge in [0.05, 0.1) is 0 Å². The lowest BCUT2D eigenvalue weighted by Crippen LogP contribution is -2.38. The molecule has 80 valence electrons. The number of aromatic nitrogens is 1. The molecule has 0 aliphatic carbocycles. The molecule has 14 heavy (non-hydrogen) atoms. The summed E-state index contributed by atoms with van der Waals surface area (Å²) < 4.78 is 0. The van der Waals surface area contributed by atoms with Crippen molar-refractivity contribution in [1.29, 1.82) is 0 Å². The van der Waals surface area contributed by atoms with Gasteiger partial charge in [0.2, 0.25) is 0 Å². The molecule has 3 heteroatoms. The van der Waals surface area contributed by atoms with E-state index in [2.05, 4.69) is 43.9 Å². The van der Waals surface area contributed by atoms with Crippen LogP contribution < -0.4 is 5.73 Å². The van der Waals surface area contributed by atoms with Gasteiger partial charge >= 0.3 is 0 Å². The zero-order chi connectivity index (χ0) is 10.8. The molecule has 3 nitrogen and oxygen atoms in total. The maximum atomic E-state index is 5.81. The third-order valence-corrected chi connectivity index (χ3v) is 2.72. The zero-order valence-electron chi connectivity index (χ0n) is 9.54. The highest BCUT2D eigenvalue weighted by atomic mass is 15.1. The SMILES string of the molecule is CN(C)C(c1cc[nH]c1)C(C)(C)CN. The van der Waals surface area contributed by atoms with Crippen LogP contribution in [0.15, 0.2) is 18.5 Å². The Morgan fingerprint density at radius 2 is 2.14 bits per heavy atom. The van der Waals surface area contributed by atoms with Gasteiger partial charge in [0.1, 0.15) is 0 Å². The Kier molecular flexibility index (Phi) is 3.34. The summed E-state index contributed by atoms with van der Waals surface area (Å²) >= 11 is 0. The molecule has 1 atom stereocenters. The van der Waals surface area contributed by atoms with Crippen LogP contribution in [0.3, 0.4) is 0 Å². The van der Waals surface area contributed by atoms with E-state index in [0.29, 0.717) is 12.6 Å². The molecule has 0 amide bonds. The number of hydrogen-bond acceptors (Lipinski definition) is 2. The maximum absolute atomic E-state index is 5.81. The second-order valence-corrected chi connectivity index (χ2v) is 4.70. The molecule has 0 aromatic carbocycles. The van der Waals surface area contributed by atoms with E-state index < -0.39 is 0 Å². The summed E-state index contributed by atoms with van der Waals surface area (Å²) in [6.45, 7) is 5.08. The fourth-order valence-electron chi connectivity index (χ4n) is 2.07. The summed E-state index contributed by atoms with van der Waals surface area (Å²) in [6.07, 6.45) is 4.00. The topological polar surface area (TPSA) is 45.0 Å². The summed E-state index contributed by atoms with van der Waals surface area (Å²) in [7, 11) is 4.18. The molecule has 1 unspecified atom stereocenters. The van der Waals surface area contributed by atoms with Crippen molar-refractivity contribution in [2.45, 2.75) is 19.9 Å². The van der Waals surface area contributed by atoms with Crippen LogP contribution in [0.4, 0.5) is 0 Å². The largest absolute Gasteiger partial charge is 0.367 e. The van der Waals surface area contributed by atoms with Gasteiger partial charge in [-0.3, -0.25) is 0 Å². The van der Waals surface area contributed by atoms with Crippen LogP contribution in [0, 0.1) is 5.41 Å². The van der Waals surface area contributed by atoms with Gasteiger partial charge in [-0.1, -0.05) is 13.8 Å².